The molecule has 0 saturated heterocycles. The molecule has 0 aromatic heterocycles. The van der Waals surface area contributed by atoms with Crippen LogP contribution in [0, 0.1) is 0 Å². The fourth-order valence-electron chi connectivity index (χ4n) is 2.03. The molecule has 2 N–H and O–H groups in total. The van der Waals surface area contributed by atoms with Crippen LogP contribution >= 0.6 is 23.4 Å². The van der Waals surface area contributed by atoms with E-state index in [4.69, 9.17) is 11.6 Å². The summed E-state index contributed by atoms with van der Waals surface area (Å²) in [5.74, 6) is 0.364. The Labute approximate surface area is 151 Å². The predicted molar refractivity (Wildman–Crippen MR) is 101 cm³/mol. The van der Waals surface area contributed by atoms with E-state index in [1.54, 1.807) is 30.0 Å². The highest BCUT2D eigenvalue weighted by molar-refractivity contribution is 7.99. The fraction of sp³-hybridized carbons (Fsp3) is 0.222. The van der Waals surface area contributed by atoms with Crippen LogP contribution in [0.3, 0.4) is 0 Å². The molecule has 0 spiro atoms. The van der Waals surface area contributed by atoms with Crippen LogP contribution in [0.1, 0.15) is 22.8 Å². The smallest absolute Gasteiger partial charge is 0.252 e. The Morgan fingerprint density at radius 1 is 1.17 bits per heavy atom. The monoisotopic (exact) mass is 362 g/mol. The lowest BCUT2D eigenvalue weighted by molar-refractivity contribution is -0.115. The molecule has 0 bridgehead atoms. The van der Waals surface area contributed by atoms with Crippen LogP contribution in [-0.2, 0) is 10.5 Å². The van der Waals surface area contributed by atoms with Gasteiger partial charge in [-0.1, -0.05) is 41.9 Å². The maximum absolute atomic E-state index is 12.3. The summed E-state index contributed by atoms with van der Waals surface area (Å²) in [5, 5.41) is 5.48. The van der Waals surface area contributed by atoms with Crippen molar-refractivity contribution in [2.24, 2.45) is 0 Å². The minimum atomic E-state index is -0.289. The van der Waals surface area contributed by atoms with Gasteiger partial charge in [-0.25, -0.2) is 0 Å². The molecule has 0 aliphatic carbocycles. The zero-order chi connectivity index (χ0) is 17.5. The molecule has 4 nitrogen and oxygen atoms in total. The highest BCUT2D eigenvalue weighted by Crippen LogP contribution is 2.23. The number of rotatable bonds is 6. The first-order valence-corrected chi connectivity index (χ1v) is 8.92. The van der Waals surface area contributed by atoms with Crippen LogP contribution in [0.15, 0.2) is 48.5 Å². The summed E-state index contributed by atoms with van der Waals surface area (Å²) in [6.45, 7) is 1.86. The highest BCUT2D eigenvalue weighted by Gasteiger charge is 2.15. The molecule has 6 heteroatoms. The predicted octanol–water partition coefficient (Wildman–Crippen LogP) is 3.96. The first-order valence-electron chi connectivity index (χ1n) is 7.49. The van der Waals surface area contributed by atoms with Gasteiger partial charge in [-0.15, -0.1) is 11.8 Å². The lowest BCUT2D eigenvalue weighted by Crippen LogP contribution is -2.23. The Morgan fingerprint density at radius 3 is 2.54 bits per heavy atom. The first-order chi connectivity index (χ1) is 11.5. The fourth-order valence-corrected chi connectivity index (χ4v) is 3.08. The molecule has 0 aliphatic rings. The second-order valence-electron chi connectivity index (χ2n) is 5.20. The van der Waals surface area contributed by atoms with Crippen molar-refractivity contribution in [3.05, 3.63) is 64.7 Å². The molecule has 2 aromatic carbocycles. The third-order valence-electron chi connectivity index (χ3n) is 3.42. The lowest BCUT2D eigenvalue weighted by Gasteiger charge is -2.13. The van der Waals surface area contributed by atoms with Gasteiger partial charge in [0.05, 0.1) is 15.8 Å². The van der Waals surface area contributed by atoms with Crippen molar-refractivity contribution in [3.63, 3.8) is 0 Å². The van der Waals surface area contributed by atoms with Crippen molar-refractivity contribution in [3.8, 4) is 0 Å². The maximum Gasteiger partial charge on any atom is 0.252 e. The standard InChI is InChI=1S/C18H19ClN2O2S/c1-12(24-11-13-6-4-3-5-7-13)17(22)21-14-8-9-16(19)15(10-14)18(23)20-2/h3-10,12H,11H2,1-2H3,(H,20,23)(H,21,22). The van der Waals surface area contributed by atoms with Gasteiger partial charge in [0.2, 0.25) is 5.91 Å². The van der Waals surface area contributed by atoms with Crippen LogP contribution in [0.4, 0.5) is 5.69 Å². The third-order valence-corrected chi connectivity index (χ3v) is 4.96. The van der Waals surface area contributed by atoms with Gasteiger partial charge in [-0.2, -0.15) is 0 Å². The Hall–Kier alpha value is -1.98. The molecule has 0 fully saturated rings. The molecule has 2 amide bonds. The number of nitrogens with one attached hydrogen (secondary N) is 2. The number of halogens is 1. The second kappa shape index (κ2) is 8.76. The summed E-state index contributed by atoms with van der Waals surface area (Å²) in [4.78, 5) is 24.1. The first kappa shape index (κ1) is 18.4. The van der Waals surface area contributed by atoms with E-state index < -0.39 is 0 Å². The van der Waals surface area contributed by atoms with E-state index in [9.17, 15) is 9.59 Å². The van der Waals surface area contributed by atoms with Crippen molar-refractivity contribution < 1.29 is 9.59 Å². The summed E-state index contributed by atoms with van der Waals surface area (Å²) < 4.78 is 0. The van der Waals surface area contributed by atoms with Crippen molar-refractivity contribution in [2.45, 2.75) is 17.9 Å². The zero-order valence-electron chi connectivity index (χ0n) is 13.5. The molecular formula is C18H19ClN2O2S. The van der Waals surface area contributed by atoms with E-state index in [1.165, 1.54) is 12.6 Å². The normalized spacial score (nSPS) is 11.6. The molecule has 0 aliphatic heterocycles. The summed E-state index contributed by atoms with van der Waals surface area (Å²) in [7, 11) is 1.53. The number of amides is 2. The van der Waals surface area contributed by atoms with Crippen LogP contribution in [0.2, 0.25) is 5.02 Å². The minimum Gasteiger partial charge on any atom is -0.355 e. The van der Waals surface area contributed by atoms with Gasteiger partial charge in [0.25, 0.3) is 5.91 Å². The topological polar surface area (TPSA) is 58.2 Å². The van der Waals surface area contributed by atoms with Gasteiger partial charge < -0.3 is 10.6 Å². The Bertz CT molecular complexity index is 722. The second-order valence-corrected chi connectivity index (χ2v) is 6.94. The van der Waals surface area contributed by atoms with Crippen LogP contribution < -0.4 is 10.6 Å². The Morgan fingerprint density at radius 2 is 1.88 bits per heavy atom. The SMILES string of the molecule is CNC(=O)c1cc(NC(=O)C(C)SCc2ccccc2)ccc1Cl. The van der Waals surface area contributed by atoms with Gasteiger partial charge in [-0.05, 0) is 30.7 Å². The van der Waals surface area contributed by atoms with E-state index in [2.05, 4.69) is 10.6 Å². The largest absolute Gasteiger partial charge is 0.355 e. The molecule has 2 rings (SSSR count). The van der Waals surface area contributed by atoms with E-state index in [-0.39, 0.29) is 17.1 Å². The van der Waals surface area contributed by atoms with Gasteiger partial charge in [-0.3, -0.25) is 9.59 Å². The van der Waals surface area contributed by atoms with Crippen molar-refractivity contribution in [2.75, 3.05) is 12.4 Å². The molecule has 0 saturated carbocycles. The van der Waals surface area contributed by atoms with Crippen molar-refractivity contribution in [1.29, 1.82) is 0 Å². The number of benzene rings is 2. The minimum absolute atomic E-state index is 0.110. The van der Waals surface area contributed by atoms with Crippen molar-refractivity contribution in [1.82, 2.24) is 5.32 Å². The third kappa shape index (κ3) is 5.01. The van der Waals surface area contributed by atoms with E-state index in [1.807, 2.05) is 37.3 Å². The Balaban J connectivity index is 1.97. The highest BCUT2D eigenvalue weighted by atomic mass is 35.5. The van der Waals surface area contributed by atoms with Gasteiger partial charge >= 0.3 is 0 Å². The van der Waals surface area contributed by atoms with Gasteiger partial charge in [0.15, 0.2) is 0 Å². The molecule has 24 heavy (non-hydrogen) atoms. The lowest BCUT2D eigenvalue weighted by atomic mass is 10.2. The van der Waals surface area contributed by atoms with Gasteiger partial charge in [0.1, 0.15) is 0 Å². The molecular weight excluding hydrogens is 344 g/mol. The van der Waals surface area contributed by atoms with Crippen LogP contribution in [0.5, 0.6) is 0 Å². The molecule has 1 atom stereocenters. The number of anilines is 1. The molecule has 0 heterocycles. The number of carbonyl (C=O) groups excluding carboxylic acids is 2. The van der Waals surface area contributed by atoms with Crippen LogP contribution in [-0.4, -0.2) is 24.1 Å². The zero-order valence-corrected chi connectivity index (χ0v) is 15.1. The summed E-state index contributed by atoms with van der Waals surface area (Å²) in [5.41, 5.74) is 2.06. The van der Waals surface area contributed by atoms with Gasteiger partial charge in [0, 0.05) is 18.5 Å². The molecule has 126 valence electrons. The number of thioether (sulfide) groups is 1. The Kier molecular flexibility index (Phi) is 6.70. The average Bonchev–Trinajstić information content (AvgIpc) is 2.61. The van der Waals surface area contributed by atoms with Crippen molar-refractivity contribution >= 4 is 40.9 Å². The number of hydrogen-bond donors (Lipinski definition) is 2. The number of hydrogen-bond acceptors (Lipinski definition) is 3. The van der Waals surface area contributed by atoms with E-state index >= 15 is 0 Å². The van der Waals surface area contributed by atoms with E-state index in [0.717, 1.165) is 5.75 Å². The molecule has 2 aromatic rings. The van der Waals surface area contributed by atoms with Crippen LogP contribution in [0.25, 0.3) is 0 Å². The van der Waals surface area contributed by atoms with E-state index in [0.29, 0.717) is 16.3 Å². The number of carbonyl (C=O) groups is 2. The quantitative estimate of drug-likeness (QED) is 0.817. The average molecular weight is 363 g/mol. The summed E-state index contributed by atoms with van der Waals surface area (Å²) >= 11 is 7.57. The maximum atomic E-state index is 12.3. The summed E-state index contributed by atoms with van der Waals surface area (Å²) in [6, 6.07) is 14.9. The molecule has 0 radical (unpaired) electrons. The summed E-state index contributed by atoms with van der Waals surface area (Å²) in [6.07, 6.45) is 0. The molecule has 1 unspecified atom stereocenters.